The molecule has 0 amide bonds. The maximum absolute atomic E-state index is 5.53. The lowest BCUT2D eigenvalue weighted by Crippen LogP contribution is -1.96. The standard InChI is InChI=1S/C10H12N4/c1-12-8-2-4-9(5-3-8)14-7-6-10(11)13-14/h2-7,12H,1H3,(H2,11,13). The van der Waals surface area contributed by atoms with Gasteiger partial charge in [-0.2, -0.15) is 5.10 Å². The van der Waals surface area contributed by atoms with Gasteiger partial charge in [-0.05, 0) is 24.3 Å². The summed E-state index contributed by atoms with van der Waals surface area (Å²) in [6.45, 7) is 0. The first-order valence-electron chi connectivity index (χ1n) is 4.39. The molecule has 0 radical (unpaired) electrons. The van der Waals surface area contributed by atoms with Crippen molar-refractivity contribution in [3.05, 3.63) is 36.5 Å². The van der Waals surface area contributed by atoms with Crippen LogP contribution in [0.25, 0.3) is 5.69 Å². The summed E-state index contributed by atoms with van der Waals surface area (Å²) < 4.78 is 1.74. The summed E-state index contributed by atoms with van der Waals surface area (Å²) in [6, 6.07) is 9.73. The number of rotatable bonds is 2. The van der Waals surface area contributed by atoms with Gasteiger partial charge in [0, 0.05) is 25.0 Å². The van der Waals surface area contributed by atoms with Gasteiger partial charge in [0.25, 0.3) is 0 Å². The first-order chi connectivity index (χ1) is 6.79. The van der Waals surface area contributed by atoms with Gasteiger partial charge in [-0.1, -0.05) is 0 Å². The minimum atomic E-state index is 0.530. The van der Waals surface area contributed by atoms with Gasteiger partial charge in [0.2, 0.25) is 0 Å². The van der Waals surface area contributed by atoms with Crippen LogP contribution in [0.1, 0.15) is 0 Å². The number of benzene rings is 1. The Morgan fingerprint density at radius 3 is 2.43 bits per heavy atom. The Bertz CT molecular complexity index is 416. The highest BCUT2D eigenvalue weighted by Gasteiger charge is 1.97. The third-order valence-corrected chi connectivity index (χ3v) is 2.03. The molecule has 0 aliphatic rings. The highest BCUT2D eigenvalue weighted by Crippen LogP contribution is 2.12. The summed E-state index contributed by atoms with van der Waals surface area (Å²) in [5.41, 5.74) is 7.61. The molecule has 4 nitrogen and oxygen atoms in total. The Kier molecular flexibility index (Phi) is 2.10. The highest BCUT2D eigenvalue weighted by molar-refractivity contribution is 5.48. The fourth-order valence-electron chi connectivity index (χ4n) is 1.26. The summed E-state index contributed by atoms with van der Waals surface area (Å²) >= 11 is 0. The lowest BCUT2D eigenvalue weighted by atomic mass is 10.3. The first-order valence-corrected chi connectivity index (χ1v) is 4.39. The molecule has 0 aliphatic carbocycles. The van der Waals surface area contributed by atoms with Crippen LogP contribution in [0.3, 0.4) is 0 Å². The third kappa shape index (κ3) is 1.54. The molecule has 1 heterocycles. The maximum atomic E-state index is 5.53. The van der Waals surface area contributed by atoms with Crippen LogP contribution in [0.4, 0.5) is 11.5 Å². The Hall–Kier alpha value is -1.97. The molecule has 0 aliphatic heterocycles. The quantitative estimate of drug-likeness (QED) is 0.750. The molecule has 0 spiro atoms. The molecule has 14 heavy (non-hydrogen) atoms. The number of aromatic nitrogens is 2. The predicted molar refractivity (Wildman–Crippen MR) is 57.5 cm³/mol. The van der Waals surface area contributed by atoms with E-state index in [0.717, 1.165) is 11.4 Å². The second-order valence-electron chi connectivity index (χ2n) is 2.98. The molecule has 0 saturated carbocycles. The van der Waals surface area contributed by atoms with Gasteiger partial charge in [-0.25, -0.2) is 4.68 Å². The van der Waals surface area contributed by atoms with Gasteiger partial charge in [0.15, 0.2) is 0 Å². The van der Waals surface area contributed by atoms with Crippen LogP contribution in [-0.4, -0.2) is 16.8 Å². The van der Waals surface area contributed by atoms with Gasteiger partial charge in [0.05, 0.1) is 5.69 Å². The van der Waals surface area contributed by atoms with Crippen molar-refractivity contribution in [1.82, 2.24) is 9.78 Å². The van der Waals surface area contributed by atoms with E-state index in [-0.39, 0.29) is 0 Å². The van der Waals surface area contributed by atoms with E-state index in [1.54, 1.807) is 10.7 Å². The Morgan fingerprint density at radius 2 is 1.93 bits per heavy atom. The summed E-state index contributed by atoms with van der Waals surface area (Å²) in [7, 11) is 1.89. The molecule has 0 unspecified atom stereocenters. The van der Waals surface area contributed by atoms with Crippen molar-refractivity contribution >= 4 is 11.5 Å². The van der Waals surface area contributed by atoms with Crippen LogP contribution in [-0.2, 0) is 0 Å². The summed E-state index contributed by atoms with van der Waals surface area (Å²) in [4.78, 5) is 0. The fourth-order valence-corrected chi connectivity index (χ4v) is 1.26. The van der Waals surface area contributed by atoms with E-state index < -0.39 is 0 Å². The minimum Gasteiger partial charge on any atom is -0.388 e. The van der Waals surface area contributed by atoms with Gasteiger partial charge >= 0.3 is 0 Å². The summed E-state index contributed by atoms with van der Waals surface area (Å²) in [6.07, 6.45) is 1.84. The van der Waals surface area contributed by atoms with Crippen molar-refractivity contribution in [2.45, 2.75) is 0 Å². The lowest BCUT2D eigenvalue weighted by molar-refractivity contribution is 0.886. The molecular weight excluding hydrogens is 176 g/mol. The summed E-state index contributed by atoms with van der Waals surface area (Å²) in [5.74, 6) is 0.530. The number of hydrogen-bond acceptors (Lipinski definition) is 3. The molecule has 1 aromatic heterocycles. The molecule has 0 fully saturated rings. The number of nitrogens with two attached hydrogens (primary N) is 1. The normalized spacial score (nSPS) is 10.1. The Morgan fingerprint density at radius 1 is 1.21 bits per heavy atom. The zero-order chi connectivity index (χ0) is 9.97. The molecule has 2 rings (SSSR count). The van der Waals surface area contributed by atoms with Crippen molar-refractivity contribution < 1.29 is 0 Å². The first kappa shape index (κ1) is 8.62. The van der Waals surface area contributed by atoms with Crippen LogP contribution >= 0.6 is 0 Å². The van der Waals surface area contributed by atoms with E-state index >= 15 is 0 Å². The van der Waals surface area contributed by atoms with Crippen molar-refractivity contribution in [1.29, 1.82) is 0 Å². The monoisotopic (exact) mass is 188 g/mol. The molecule has 2 aromatic rings. The Labute approximate surface area is 82.4 Å². The molecule has 72 valence electrons. The SMILES string of the molecule is CNc1ccc(-n2ccc(N)n2)cc1. The molecule has 0 atom stereocenters. The van der Waals surface area contributed by atoms with Gasteiger partial charge in [0.1, 0.15) is 5.82 Å². The van der Waals surface area contributed by atoms with Gasteiger partial charge in [-0.3, -0.25) is 0 Å². The minimum absolute atomic E-state index is 0.530. The predicted octanol–water partition coefficient (Wildman–Crippen LogP) is 1.50. The summed E-state index contributed by atoms with van der Waals surface area (Å²) in [5, 5.41) is 7.17. The lowest BCUT2D eigenvalue weighted by Gasteiger charge is -2.03. The van der Waals surface area contributed by atoms with E-state index in [1.165, 1.54) is 0 Å². The average Bonchev–Trinajstić information content (AvgIpc) is 2.65. The molecule has 1 aromatic carbocycles. The van der Waals surface area contributed by atoms with E-state index in [2.05, 4.69) is 10.4 Å². The number of nitrogen functional groups attached to an aromatic ring is 1. The van der Waals surface area contributed by atoms with Gasteiger partial charge < -0.3 is 11.1 Å². The molecule has 0 saturated heterocycles. The smallest absolute Gasteiger partial charge is 0.145 e. The molecular formula is C10H12N4. The number of nitrogens with zero attached hydrogens (tertiary/aromatic N) is 2. The second kappa shape index (κ2) is 3.41. The van der Waals surface area contributed by atoms with Crippen LogP contribution in [0, 0.1) is 0 Å². The van der Waals surface area contributed by atoms with Crippen molar-refractivity contribution in [2.24, 2.45) is 0 Å². The van der Waals surface area contributed by atoms with Crippen LogP contribution in [0.15, 0.2) is 36.5 Å². The molecule has 3 N–H and O–H groups in total. The van der Waals surface area contributed by atoms with E-state index in [4.69, 9.17) is 5.73 Å². The number of anilines is 2. The zero-order valence-electron chi connectivity index (χ0n) is 7.94. The van der Waals surface area contributed by atoms with Crippen LogP contribution in [0.5, 0.6) is 0 Å². The topological polar surface area (TPSA) is 55.9 Å². The second-order valence-corrected chi connectivity index (χ2v) is 2.98. The number of nitrogens with one attached hydrogen (secondary N) is 1. The average molecular weight is 188 g/mol. The molecule has 0 bridgehead atoms. The van der Waals surface area contributed by atoms with Crippen molar-refractivity contribution in [2.75, 3.05) is 18.1 Å². The van der Waals surface area contributed by atoms with Crippen LogP contribution < -0.4 is 11.1 Å². The van der Waals surface area contributed by atoms with E-state index in [9.17, 15) is 0 Å². The van der Waals surface area contributed by atoms with E-state index in [0.29, 0.717) is 5.82 Å². The third-order valence-electron chi connectivity index (χ3n) is 2.03. The highest BCUT2D eigenvalue weighted by atomic mass is 15.3. The maximum Gasteiger partial charge on any atom is 0.145 e. The van der Waals surface area contributed by atoms with Crippen LogP contribution in [0.2, 0.25) is 0 Å². The zero-order valence-corrected chi connectivity index (χ0v) is 7.94. The largest absolute Gasteiger partial charge is 0.388 e. The fraction of sp³-hybridized carbons (Fsp3) is 0.100. The van der Waals surface area contributed by atoms with Crippen molar-refractivity contribution in [3.63, 3.8) is 0 Å². The number of hydrogen-bond donors (Lipinski definition) is 2. The Balaban J connectivity index is 2.33. The molecule has 4 heteroatoms. The van der Waals surface area contributed by atoms with Crippen molar-refractivity contribution in [3.8, 4) is 5.69 Å². The van der Waals surface area contributed by atoms with Gasteiger partial charge in [-0.15, -0.1) is 0 Å². The van der Waals surface area contributed by atoms with E-state index in [1.807, 2.05) is 37.5 Å².